The summed E-state index contributed by atoms with van der Waals surface area (Å²) in [6, 6.07) is 13.3. The molecule has 0 aliphatic rings. The Hall–Kier alpha value is -3.15. The number of rotatable bonds is 6. The molecule has 3 aromatic rings. The first-order valence-corrected chi connectivity index (χ1v) is 8.51. The Labute approximate surface area is 155 Å². The maximum absolute atomic E-state index is 9.48. The van der Waals surface area contributed by atoms with Crippen LogP contribution < -0.4 is 24.7 Å². The normalized spacial score (nSPS) is 10.2. The summed E-state index contributed by atoms with van der Waals surface area (Å²) in [5.41, 5.74) is 3.50. The molecule has 0 aliphatic heterocycles. The van der Waals surface area contributed by atoms with Gasteiger partial charge in [0.1, 0.15) is 6.07 Å². The molecule has 0 fully saturated rings. The fourth-order valence-electron chi connectivity index (χ4n) is 2.57. The lowest BCUT2D eigenvalue weighted by atomic mass is 10.1. The molecule has 0 spiro atoms. The van der Waals surface area contributed by atoms with E-state index in [2.05, 4.69) is 21.1 Å². The van der Waals surface area contributed by atoms with Crippen molar-refractivity contribution < 1.29 is 9.47 Å². The van der Waals surface area contributed by atoms with E-state index in [1.54, 1.807) is 20.3 Å². The standard InChI is InChI=1S/C18H17N5O2S/c1-24-16-7-14-15(8-17(16)25-2)21-10-11(9-19)18(14)22-12-3-5-13(6-4-12)23-26-20/h3-8,10,23H,20H2,1-2H3,(H,21,22). The van der Waals surface area contributed by atoms with Crippen molar-refractivity contribution in [3.05, 3.63) is 48.2 Å². The second-order valence-corrected chi connectivity index (χ2v) is 5.75. The highest BCUT2D eigenvalue weighted by molar-refractivity contribution is 7.98. The van der Waals surface area contributed by atoms with Gasteiger partial charge in [-0.15, -0.1) is 0 Å². The summed E-state index contributed by atoms with van der Waals surface area (Å²) in [5.74, 6) is 1.15. The van der Waals surface area contributed by atoms with Crippen molar-refractivity contribution in [2.75, 3.05) is 24.3 Å². The molecule has 132 valence electrons. The highest BCUT2D eigenvalue weighted by atomic mass is 32.2. The van der Waals surface area contributed by atoms with Gasteiger partial charge in [0.2, 0.25) is 0 Å². The molecule has 0 radical (unpaired) electrons. The Morgan fingerprint density at radius 2 is 1.73 bits per heavy atom. The number of nitrogens with one attached hydrogen (secondary N) is 2. The van der Waals surface area contributed by atoms with E-state index < -0.39 is 0 Å². The number of anilines is 3. The van der Waals surface area contributed by atoms with Crippen LogP contribution in [0.4, 0.5) is 17.1 Å². The monoisotopic (exact) mass is 367 g/mol. The molecule has 8 heteroatoms. The van der Waals surface area contributed by atoms with E-state index >= 15 is 0 Å². The molecule has 0 unspecified atom stereocenters. The summed E-state index contributed by atoms with van der Waals surface area (Å²) in [6.45, 7) is 0. The lowest BCUT2D eigenvalue weighted by Crippen LogP contribution is -1.99. The van der Waals surface area contributed by atoms with Gasteiger partial charge in [0.05, 0.1) is 31.0 Å². The number of benzene rings is 2. The third-order valence-corrected chi connectivity index (χ3v) is 4.18. The minimum atomic E-state index is 0.435. The van der Waals surface area contributed by atoms with Crippen molar-refractivity contribution in [1.29, 1.82) is 5.26 Å². The second kappa shape index (κ2) is 7.82. The average Bonchev–Trinajstić information content (AvgIpc) is 2.68. The number of nitrogens with two attached hydrogens (primary N) is 1. The van der Waals surface area contributed by atoms with Gasteiger partial charge < -0.3 is 19.5 Å². The minimum Gasteiger partial charge on any atom is -0.493 e. The number of nitriles is 1. The quantitative estimate of drug-likeness (QED) is 0.565. The van der Waals surface area contributed by atoms with E-state index in [4.69, 9.17) is 14.6 Å². The molecule has 7 nitrogen and oxygen atoms in total. The maximum atomic E-state index is 9.48. The van der Waals surface area contributed by atoms with E-state index in [9.17, 15) is 5.26 Å². The first kappa shape index (κ1) is 17.7. The van der Waals surface area contributed by atoms with Crippen LogP contribution in [0.1, 0.15) is 5.56 Å². The molecular formula is C18H17N5O2S. The maximum Gasteiger partial charge on any atom is 0.162 e. The van der Waals surface area contributed by atoms with Crippen LogP contribution in [0.2, 0.25) is 0 Å². The van der Waals surface area contributed by atoms with Gasteiger partial charge in [-0.3, -0.25) is 10.1 Å². The van der Waals surface area contributed by atoms with Crippen molar-refractivity contribution in [2.45, 2.75) is 0 Å². The van der Waals surface area contributed by atoms with E-state index in [1.807, 2.05) is 30.3 Å². The Balaban J connectivity index is 2.09. The van der Waals surface area contributed by atoms with Crippen LogP contribution in [0.15, 0.2) is 42.6 Å². The van der Waals surface area contributed by atoms with Crippen LogP contribution in [0.5, 0.6) is 11.5 Å². The topological polar surface area (TPSA) is 105 Å². The Morgan fingerprint density at radius 3 is 2.35 bits per heavy atom. The van der Waals surface area contributed by atoms with Crippen molar-refractivity contribution in [3.8, 4) is 17.6 Å². The van der Waals surface area contributed by atoms with Crippen molar-refractivity contribution in [3.63, 3.8) is 0 Å². The second-order valence-electron chi connectivity index (χ2n) is 5.31. The van der Waals surface area contributed by atoms with Crippen molar-refractivity contribution in [2.24, 2.45) is 5.14 Å². The summed E-state index contributed by atoms with van der Waals surface area (Å²) in [5, 5.41) is 18.9. The van der Waals surface area contributed by atoms with Crippen LogP contribution in [0.3, 0.4) is 0 Å². The molecule has 2 aromatic carbocycles. The molecule has 3 rings (SSSR count). The molecule has 0 bridgehead atoms. The van der Waals surface area contributed by atoms with Crippen molar-refractivity contribution >= 4 is 40.1 Å². The average molecular weight is 367 g/mol. The Bertz CT molecular complexity index is 970. The first-order chi connectivity index (χ1) is 12.7. The zero-order chi connectivity index (χ0) is 18.5. The molecule has 1 aromatic heterocycles. The number of fused-ring (bicyclic) bond motifs is 1. The van der Waals surface area contributed by atoms with Crippen LogP contribution in [-0.4, -0.2) is 19.2 Å². The van der Waals surface area contributed by atoms with Crippen LogP contribution in [0, 0.1) is 11.3 Å². The zero-order valence-electron chi connectivity index (χ0n) is 14.2. The zero-order valence-corrected chi connectivity index (χ0v) is 15.1. The van der Waals surface area contributed by atoms with Gasteiger partial charge in [-0.25, -0.2) is 0 Å². The lowest BCUT2D eigenvalue weighted by molar-refractivity contribution is 0.356. The van der Waals surface area contributed by atoms with Crippen LogP contribution in [-0.2, 0) is 0 Å². The molecule has 0 saturated carbocycles. The third-order valence-electron chi connectivity index (χ3n) is 3.82. The lowest BCUT2D eigenvalue weighted by Gasteiger charge is -2.14. The smallest absolute Gasteiger partial charge is 0.162 e. The largest absolute Gasteiger partial charge is 0.493 e. The molecule has 0 amide bonds. The SMILES string of the molecule is COc1cc2ncc(C#N)c(Nc3ccc(NSN)cc3)c2cc1OC. The number of aromatic nitrogens is 1. The minimum absolute atomic E-state index is 0.435. The Kier molecular flexibility index (Phi) is 5.31. The van der Waals surface area contributed by atoms with Crippen LogP contribution in [0.25, 0.3) is 10.9 Å². The van der Waals surface area contributed by atoms with Gasteiger partial charge in [-0.05, 0) is 30.3 Å². The molecular weight excluding hydrogens is 350 g/mol. The molecule has 4 N–H and O–H groups in total. The number of nitrogens with zero attached hydrogens (tertiary/aromatic N) is 2. The van der Waals surface area contributed by atoms with Crippen molar-refractivity contribution in [1.82, 2.24) is 4.98 Å². The highest BCUT2D eigenvalue weighted by Gasteiger charge is 2.14. The summed E-state index contributed by atoms with van der Waals surface area (Å²) in [4.78, 5) is 4.35. The summed E-state index contributed by atoms with van der Waals surface area (Å²) in [6.07, 6.45) is 1.54. The fourth-order valence-corrected chi connectivity index (χ4v) is 2.84. The van der Waals surface area contributed by atoms with Gasteiger partial charge in [-0.1, -0.05) is 0 Å². The molecule has 1 heterocycles. The van der Waals surface area contributed by atoms with Gasteiger partial charge in [0.15, 0.2) is 11.5 Å². The Morgan fingerprint density at radius 1 is 1.08 bits per heavy atom. The number of pyridine rings is 1. The van der Waals surface area contributed by atoms with Gasteiger partial charge in [0.25, 0.3) is 0 Å². The number of hydrogen-bond acceptors (Lipinski definition) is 8. The molecule has 0 saturated heterocycles. The predicted molar refractivity (Wildman–Crippen MR) is 105 cm³/mol. The molecule has 0 atom stereocenters. The van der Waals surface area contributed by atoms with Gasteiger partial charge in [0, 0.05) is 41.2 Å². The summed E-state index contributed by atoms with van der Waals surface area (Å²) in [7, 11) is 3.14. The number of ether oxygens (including phenoxy) is 2. The first-order valence-electron chi connectivity index (χ1n) is 7.63. The predicted octanol–water partition coefficient (Wildman–Crippen LogP) is 3.80. The number of hydrogen-bond donors (Lipinski definition) is 3. The summed E-state index contributed by atoms with van der Waals surface area (Å²) >= 11 is 1.03. The third kappa shape index (κ3) is 3.44. The van der Waals surface area contributed by atoms with E-state index in [0.29, 0.717) is 28.3 Å². The molecule has 0 aliphatic carbocycles. The van der Waals surface area contributed by atoms with Crippen LogP contribution >= 0.6 is 12.1 Å². The fraction of sp³-hybridized carbons (Fsp3) is 0.111. The molecule has 26 heavy (non-hydrogen) atoms. The van der Waals surface area contributed by atoms with Gasteiger partial charge in [-0.2, -0.15) is 5.26 Å². The van der Waals surface area contributed by atoms with E-state index in [-0.39, 0.29) is 0 Å². The van der Waals surface area contributed by atoms with Gasteiger partial charge >= 0.3 is 0 Å². The highest BCUT2D eigenvalue weighted by Crippen LogP contribution is 2.37. The van der Waals surface area contributed by atoms with E-state index in [0.717, 1.165) is 28.9 Å². The summed E-state index contributed by atoms with van der Waals surface area (Å²) < 4.78 is 13.7. The number of methoxy groups -OCH3 is 2. The van der Waals surface area contributed by atoms with E-state index in [1.165, 1.54) is 6.20 Å².